The maximum Gasteiger partial charge on any atom is 0.149 e. The molecule has 72 valence electrons. The third-order valence-corrected chi connectivity index (χ3v) is 3.33. The van der Waals surface area contributed by atoms with Crippen LogP contribution in [0.1, 0.15) is 25.1 Å². The molecule has 0 N–H and O–H groups in total. The maximum absolute atomic E-state index is 9.12. The van der Waals surface area contributed by atoms with Gasteiger partial charge < -0.3 is 0 Å². The smallest absolute Gasteiger partial charge is 0.149 e. The van der Waals surface area contributed by atoms with Crippen molar-refractivity contribution in [2.45, 2.75) is 29.7 Å². The van der Waals surface area contributed by atoms with Crippen molar-refractivity contribution in [1.29, 1.82) is 5.26 Å². The van der Waals surface area contributed by atoms with Gasteiger partial charge in [-0.1, -0.05) is 0 Å². The van der Waals surface area contributed by atoms with Crippen LogP contribution in [0.2, 0.25) is 0 Å². The van der Waals surface area contributed by atoms with Gasteiger partial charge in [0, 0.05) is 6.20 Å². The summed E-state index contributed by atoms with van der Waals surface area (Å²) < 4.78 is 0. The van der Waals surface area contributed by atoms with Gasteiger partial charge in [0.1, 0.15) is 11.2 Å². The quantitative estimate of drug-likeness (QED) is 0.548. The van der Waals surface area contributed by atoms with Gasteiger partial charge in [0.25, 0.3) is 0 Å². The molecule has 4 heteroatoms. The van der Waals surface area contributed by atoms with E-state index in [-0.39, 0.29) is 5.41 Å². The van der Waals surface area contributed by atoms with Crippen molar-refractivity contribution in [2.24, 2.45) is 0 Å². The van der Waals surface area contributed by atoms with Crippen LogP contribution in [-0.2, 0) is 5.41 Å². The van der Waals surface area contributed by atoms with Crippen molar-refractivity contribution >= 4 is 11.8 Å². The highest BCUT2D eigenvalue weighted by Gasteiger charge is 2.41. The van der Waals surface area contributed by atoms with Gasteiger partial charge in [-0.15, -0.1) is 11.8 Å². The Morgan fingerprint density at radius 2 is 2.36 bits per heavy atom. The minimum absolute atomic E-state index is 0.383. The van der Waals surface area contributed by atoms with E-state index in [0.717, 1.165) is 24.3 Å². The summed E-state index contributed by atoms with van der Waals surface area (Å²) >= 11 is 1.58. The zero-order valence-corrected chi connectivity index (χ0v) is 8.84. The van der Waals surface area contributed by atoms with Crippen LogP contribution < -0.4 is 0 Å². The molecule has 0 atom stereocenters. The molecule has 0 saturated heterocycles. The van der Waals surface area contributed by atoms with Gasteiger partial charge >= 0.3 is 0 Å². The zero-order valence-electron chi connectivity index (χ0n) is 8.03. The molecule has 14 heavy (non-hydrogen) atoms. The van der Waals surface area contributed by atoms with Crippen LogP contribution in [0.25, 0.3) is 0 Å². The summed E-state index contributed by atoms with van der Waals surface area (Å²) in [6, 6.07) is 4.22. The van der Waals surface area contributed by atoms with Crippen LogP contribution in [0.3, 0.4) is 0 Å². The number of nitrogens with zero attached hydrogens (tertiary/aromatic N) is 3. The molecule has 1 aliphatic rings. The second-order valence-corrected chi connectivity index (χ2v) is 4.30. The molecule has 2 rings (SSSR count). The van der Waals surface area contributed by atoms with E-state index in [2.05, 4.69) is 16.0 Å². The number of aromatic nitrogens is 2. The zero-order chi connectivity index (χ0) is 10.0. The molecule has 3 nitrogen and oxygen atoms in total. The van der Waals surface area contributed by atoms with Crippen molar-refractivity contribution < 1.29 is 0 Å². The Bertz CT molecular complexity index is 379. The van der Waals surface area contributed by atoms with Crippen molar-refractivity contribution in [3.63, 3.8) is 0 Å². The van der Waals surface area contributed by atoms with Gasteiger partial charge in [-0.05, 0) is 31.6 Å². The molecular formula is C10H11N3S. The molecule has 1 saturated carbocycles. The first-order chi connectivity index (χ1) is 6.80. The minimum Gasteiger partial charge on any atom is -0.240 e. The van der Waals surface area contributed by atoms with E-state index in [1.807, 2.05) is 12.3 Å². The summed E-state index contributed by atoms with van der Waals surface area (Å²) in [6.07, 6.45) is 6.64. The Balaban J connectivity index is 2.36. The number of thioether (sulfide) groups is 1. The van der Waals surface area contributed by atoms with E-state index >= 15 is 0 Å². The first kappa shape index (κ1) is 9.47. The summed E-state index contributed by atoms with van der Waals surface area (Å²) in [6.45, 7) is 0. The topological polar surface area (TPSA) is 49.6 Å². The van der Waals surface area contributed by atoms with Crippen molar-refractivity contribution in [3.8, 4) is 6.07 Å². The lowest BCUT2D eigenvalue weighted by molar-refractivity contribution is 0.305. The normalized spacial score (nSPS) is 18.3. The number of hydrogen-bond donors (Lipinski definition) is 0. The van der Waals surface area contributed by atoms with Gasteiger partial charge in [0.2, 0.25) is 0 Å². The predicted octanol–water partition coefficient (Wildman–Crippen LogP) is 2.14. The van der Waals surface area contributed by atoms with E-state index in [0.29, 0.717) is 5.82 Å². The molecular weight excluding hydrogens is 194 g/mol. The lowest BCUT2D eigenvalue weighted by Crippen LogP contribution is -2.34. The van der Waals surface area contributed by atoms with Crippen molar-refractivity contribution in [3.05, 3.63) is 18.1 Å². The summed E-state index contributed by atoms with van der Waals surface area (Å²) in [7, 11) is 0. The number of hydrogen-bond acceptors (Lipinski definition) is 4. The Morgan fingerprint density at radius 3 is 2.86 bits per heavy atom. The molecule has 1 aromatic rings. The number of nitriles is 1. The molecule has 1 aromatic heterocycles. The molecule has 0 amide bonds. The lowest BCUT2D eigenvalue weighted by Gasteiger charge is -2.33. The Kier molecular flexibility index (Phi) is 2.42. The average Bonchev–Trinajstić information content (AvgIpc) is 2.18. The summed E-state index contributed by atoms with van der Waals surface area (Å²) in [4.78, 5) is 8.59. The van der Waals surface area contributed by atoms with Crippen molar-refractivity contribution in [2.75, 3.05) is 6.26 Å². The highest BCUT2D eigenvalue weighted by atomic mass is 32.2. The van der Waals surface area contributed by atoms with Gasteiger partial charge in [0.05, 0.1) is 11.1 Å². The van der Waals surface area contributed by atoms with E-state index < -0.39 is 0 Å². The molecule has 0 radical (unpaired) electrons. The molecule has 0 bridgehead atoms. The van der Waals surface area contributed by atoms with E-state index in [1.54, 1.807) is 18.0 Å². The number of rotatable bonds is 2. The van der Waals surface area contributed by atoms with Gasteiger partial charge in [-0.2, -0.15) is 5.26 Å². The third-order valence-electron chi connectivity index (χ3n) is 2.69. The maximum atomic E-state index is 9.12. The SMILES string of the molecule is CSc1ccnc(C2(C#N)CCC2)n1. The first-order valence-corrected chi connectivity index (χ1v) is 5.82. The Hall–Kier alpha value is -1.08. The van der Waals surface area contributed by atoms with Gasteiger partial charge in [0.15, 0.2) is 0 Å². The standard InChI is InChI=1S/C10H11N3S/c1-14-8-3-6-12-9(13-8)10(7-11)4-2-5-10/h3,6H,2,4-5H2,1H3. The van der Waals surface area contributed by atoms with Crippen LogP contribution in [0.4, 0.5) is 0 Å². The second kappa shape index (κ2) is 3.58. The monoisotopic (exact) mass is 205 g/mol. The van der Waals surface area contributed by atoms with Gasteiger partial charge in [-0.25, -0.2) is 9.97 Å². The van der Waals surface area contributed by atoms with Crippen molar-refractivity contribution in [1.82, 2.24) is 9.97 Å². The van der Waals surface area contributed by atoms with Gasteiger partial charge in [-0.3, -0.25) is 0 Å². The van der Waals surface area contributed by atoms with Crippen LogP contribution in [0.15, 0.2) is 17.3 Å². The largest absolute Gasteiger partial charge is 0.240 e. The van der Waals surface area contributed by atoms with Crippen LogP contribution >= 0.6 is 11.8 Å². The molecule has 0 aliphatic heterocycles. The predicted molar refractivity (Wildman–Crippen MR) is 55.0 cm³/mol. The Labute approximate surface area is 87.6 Å². The molecule has 1 aliphatic carbocycles. The summed E-state index contributed by atoms with van der Waals surface area (Å²) in [5.74, 6) is 0.707. The average molecular weight is 205 g/mol. The summed E-state index contributed by atoms with van der Waals surface area (Å²) in [5.41, 5.74) is -0.383. The molecule has 0 unspecified atom stereocenters. The third kappa shape index (κ3) is 1.38. The lowest BCUT2D eigenvalue weighted by atomic mass is 9.69. The highest BCUT2D eigenvalue weighted by Crippen LogP contribution is 2.41. The van der Waals surface area contributed by atoms with Crippen LogP contribution in [0.5, 0.6) is 0 Å². The fraction of sp³-hybridized carbons (Fsp3) is 0.500. The van der Waals surface area contributed by atoms with E-state index in [4.69, 9.17) is 5.26 Å². The highest BCUT2D eigenvalue weighted by molar-refractivity contribution is 7.98. The second-order valence-electron chi connectivity index (χ2n) is 3.47. The Morgan fingerprint density at radius 1 is 1.57 bits per heavy atom. The molecule has 0 spiro atoms. The fourth-order valence-corrected chi connectivity index (χ4v) is 1.98. The minimum atomic E-state index is -0.383. The fourth-order valence-electron chi connectivity index (χ4n) is 1.60. The molecule has 0 aromatic carbocycles. The summed E-state index contributed by atoms with van der Waals surface area (Å²) in [5, 5.41) is 10.1. The van der Waals surface area contributed by atoms with E-state index in [1.165, 1.54) is 0 Å². The first-order valence-electron chi connectivity index (χ1n) is 4.59. The van der Waals surface area contributed by atoms with E-state index in [9.17, 15) is 0 Å². The van der Waals surface area contributed by atoms with Crippen LogP contribution in [0, 0.1) is 11.3 Å². The van der Waals surface area contributed by atoms with Crippen LogP contribution in [-0.4, -0.2) is 16.2 Å². The molecule has 1 fully saturated rings. The molecule has 1 heterocycles.